The van der Waals surface area contributed by atoms with Gasteiger partial charge in [-0.15, -0.1) is 11.3 Å². The van der Waals surface area contributed by atoms with Crippen molar-refractivity contribution in [3.63, 3.8) is 0 Å². The molecule has 1 aliphatic rings. The Balaban J connectivity index is 1.73. The van der Waals surface area contributed by atoms with Crippen LogP contribution in [-0.4, -0.2) is 11.9 Å². The minimum absolute atomic E-state index is 0.248. The summed E-state index contributed by atoms with van der Waals surface area (Å²) in [4.78, 5) is 16.9. The van der Waals surface area contributed by atoms with Crippen molar-refractivity contribution < 1.29 is 13.9 Å². The predicted molar refractivity (Wildman–Crippen MR) is 81.1 cm³/mol. The van der Waals surface area contributed by atoms with Crippen LogP contribution < -0.4 is 0 Å². The third kappa shape index (κ3) is 2.17. The average molecular weight is 295 g/mol. The molecule has 0 atom stereocenters. The highest BCUT2D eigenvalue weighted by Gasteiger charge is 2.25. The van der Waals surface area contributed by atoms with Crippen LogP contribution in [0.5, 0.6) is 0 Å². The first-order chi connectivity index (χ1) is 10.3. The number of furan rings is 1. The Labute approximate surface area is 124 Å². The van der Waals surface area contributed by atoms with Crippen LogP contribution in [0.1, 0.15) is 10.6 Å². The number of benzene rings is 1. The standard InChI is InChI=1S/C16H9NO3S/c18-16-12(17-15(20-16)14-6-3-7-21-14)9-11-8-10-4-1-2-5-13(10)19-11/h1-9H/b12-9+. The summed E-state index contributed by atoms with van der Waals surface area (Å²) < 4.78 is 10.8. The van der Waals surface area contributed by atoms with Gasteiger partial charge in [0.1, 0.15) is 11.3 Å². The molecule has 4 nitrogen and oxygen atoms in total. The Hall–Kier alpha value is -2.66. The van der Waals surface area contributed by atoms with Crippen LogP contribution >= 0.6 is 11.3 Å². The highest BCUT2D eigenvalue weighted by molar-refractivity contribution is 7.12. The van der Waals surface area contributed by atoms with E-state index in [2.05, 4.69) is 4.99 Å². The number of rotatable bonds is 2. The summed E-state index contributed by atoms with van der Waals surface area (Å²) in [6.07, 6.45) is 1.60. The molecule has 5 heteroatoms. The fourth-order valence-electron chi connectivity index (χ4n) is 2.12. The Morgan fingerprint density at radius 3 is 2.86 bits per heavy atom. The highest BCUT2D eigenvalue weighted by atomic mass is 32.1. The number of ether oxygens (including phenoxy) is 1. The number of cyclic esters (lactones) is 1. The third-order valence-electron chi connectivity index (χ3n) is 3.08. The topological polar surface area (TPSA) is 51.8 Å². The monoisotopic (exact) mass is 295 g/mol. The smallest absolute Gasteiger partial charge is 0.363 e. The Morgan fingerprint density at radius 2 is 2.05 bits per heavy atom. The van der Waals surface area contributed by atoms with Crippen molar-refractivity contribution in [3.05, 3.63) is 64.2 Å². The van der Waals surface area contributed by atoms with E-state index in [-0.39, 0.29) is 5.70 Å². The fourth-order valence-corrected chi connectivity index (χ4v) is 2.77. The predicted octanol–water partition coefficient (Wildman–Crippen LogP) is 3.84. The van der Waals surface area contributed by atoms with Gasteiger partial charge in [0.2, 0.25) is 5.90 Å². The van der Waals surface area contributed by atoms with Crippen LogP contribution in [0, 0.1) is 0 Å². The first-order valence-electron chi connectivity index (χ1n) is 6.35. The normalized spacial score (nSPS) is 16.5. The number of para-hydroxylation sites is 1. The molecule has 0 saturated carbocycles. The van der Waals surface area contributed by atoms with E-state index in [4.69, 9.17) is 9.15 Å². The second-order valence-electron chi connectivity index (χ2n) is 4.50. The maximum atomic E-state index is 11.9. The van der Waals surface area contributed by atoms with Gasteiger partial charge in [-0.25, -0.2) is 9.79 Å². The summed E-state index contributed by atoms with van der Waals surface area (Å²) in [6, 6.07) is 13.3. The molecule has 1 aliphatic heterocycles. The molecule has 102 valence electrons. The average Bonchev–Trinajstić information content (AvgIpc) is 3.19. The van der Waals surface area contributed by atoms with E-state index in [9.17, 15) is 4.79 Å². The van der Waals surface area contributed by atoms with E-state index in [1.807, 2.05) is 47.8 Å². The molecule has 21 heavy (non-hydrogen) atoms. The van der Waals surface area contributed by atoms with E-state index < -0.39 is 5.97 Å². The van der Waals surface area contributed by atoms with Gasteiger partial charge in [0.25, 0.3) is 0 Å². The first kappa shape index (κ1) is 12.1. The van der Waals surface area contributed by atoms with Crippen LogP contribution in [0.2, 0.25) is 0 Å². The van der Waals surface area contributed by atoms with Gasteiger partial charge in [-0.05, 0) is 23.6 Å². The number of esters is 1. The van der Waals surface area contributed by atoms with Gasteiger partial charge in [0, 0.05) is 11.5 Å². The molecule has 0 amide bonds. The maximum absolute atomic E-state index is 11.9. The van der Waals surface area contributed by atoms with Crippen molar-refractivity contribution in [2.24, 2.45) is 4.99 Å². The van der Waals surface area contributed by atoms with E-state index >= 15 is 0 Å². The summed E-state index contributed by atoms with van der Waals surface area (Å²) in [5.41, 5.74) is 1.02. The molecule has 2 aromatic heterocycles. The lowest BCUT2D eigenvalue weighted by atomic mass is 10.2. The number of carbonyl (C=O) groups excluding carboxylic acids is 1. The molecular formula is C16H9NO3S. The summed E-state index contributed by atoms with van der Waals surface area (Å²) in [7, 11) is 0. The SMILES string of the molecule is O=C1OC(c2cccs2)=N/C1=C/c1cc2ccccc2o1. The zero-order valence-corrected chi connectivity index (χ0v) is 11.6. The molecule has 4 rings (SSSR count). The van der Waals surface area contributed by atoms with Crippen molar-refractivity contribution in [2.75, 3.05) is 0 Å². The zero-order valence-electron chi connectivity index (χ0n) is 10.8. The number of thiophene rings is 1. The van der Waals surface area contributed by atoms with E-state index in [1.54, 1.807) is 6.08 Å². The van der Waals surface area contributed by atoms with E-state index in [0.29, 0.717) is 11.7 Å². The molecule has 0 spiro atoms. The second-order valence-corrected chi connectivity index (χ2v) is 5.45. The van der Waals surface area contributed by atoms with Gasteiger partial charge in [0.05, 0.1) is 4.88 Å². The minimum atomic E-state index is -0.459. The molecule has 0 saturated heterocycles. The molecule has 0 N–H and O–H groups in total. The Morgan fingerprint density at radius 1 is 1.14 bits per heavy atom. The first-order valence-corrected chi connectivity index (χ1v) is 7.22. The van der Waals surface area contributed by atoms with E-state index in [0.717, 1.165) is 15.8 Å². The van der Waals surface area contributed by atoms with Crippen molar-refractivity contribution in [1.82, 2.24) is 0 Å². The molecule has 1 aromatic carbocycles. The minimum Gasteiger partial charge on any atom is -0.457 e. The van der Waals surface area contributed by atoms with Gasteiger partial charge in [-0.1, -0.05) is 24.3 Å². The van der Waals surface area contributed by atoms with Crippen molar-refractivity contribution in [1.29, 1.82) is 0 Å². The number of carbonyl (C=O) groups is 1. The lowest BCUT2D eigenvalue weighted by Gasteiger charge is -1.92. The van der Waals surface area contributed by atoms with Gasteiger partial charge in [-0.2, -0.15) is 0 Å². The lowest BCUT2D eigenvalue weighted by Crippen LogP contribution is -2.03. The molecule has 0 aliphatic carbocycles. The van der Waals surface area contributed by atoms with Crippen LogP contribution in [-0.2, 0) is 9.53 Å². The summed E-state index contributed by atoms with van der Waals surface area (Å²) in [5, 5.41) is 2.89. The fraction of sp³-hybridized carbons (Fsp3) is 0. The lowest BCUT2D eigenvalue weighted by molar-refractivity contribution is -0.129. The van der Waals surface area contributed by atoms with Crippen LogP contribution in [0.3, 0.4) is 0 Å². The van der Waals surface area contributed by atoms with E-state index in [1.165, 1.54) is 11.3 Å². The van der Waals surface area contributed by atoms with Crippen molar-refractivity contribution >= 4 is 40.2 Å². The molecule has 3 aromatic rings. The van der Waals surface area contributed by atoms with Gasteiger partial charge in [0.15, 0.2) is 5.70 Å². The van der Waals surface area contributed by atoms with Gasteiger partial charge < -0.3 is 9.15 Å². The summed E-state index contributed by atoms with van der Waals surface area (Å²) >= 11 is 1.48. The second kappa shape index (κ2) is 4.71. The third-order valence-corrected chi connectivity index (χ3v) is 3.93. The summed E-state index contributed by atoms with van der Waals surface area (Å²) in [5.74, 6) is 0.468. The maximum Gasteiger partial charge on any atom is 0.363 e. The van der Waals surface area contributed by atoms with Crippen LogP contribution in [0.4, 0.5) is 0 Å². The summed E-state index contributed by atoms with van der Waals surface area (Å²) in [6.45, 7) is 0. The number of hydrogen-bond donors (Lipinski definition) is 0. The number of aliphatic imine (C=N–C) groups is 1. The van der Waals surface area contributed by atoms with Crippen LogP contribution in [0.15, 0.2) is 63.0 Å². The Kier molecular flexibility index (Phi) is 2.72. The number of hydrogen-bond acceptors (Lipinski definition) is 5. The number of nitrogens with zero attached hydrogens (tertiary/aromatic N) is 1. The zero-order chi connectivity index (χ0) is 14.2. The quantitative estimate of drug-likeness (QED) is 0.533. The number of fused-ring (bicyclic) bond motifs is 1. The Bertz CT molecular complexity index is 854. The van der Waals surface area contributed by atoms with Gasteiger partial charge in [-0.3, -0.25) is 0 Å². The van der Waals surface area contributed by atoms with Crippen LogP contribution in [0.25, 0.3) is 17.0 Å². The molecule has 0 radical (unpaired) electrons. The van der Waals surface area contributed by atoms with Gasteiger partial charge >= 0.3 is 5.97 Å². The highest BCUT2D eigenvalue weighted by Crippen LogP contribution is 2.24. The van der Waals surface area contributed by atoms with Crippen molar-refractivity contribution in [2.45, 2.75) is 0 Å². The molecular weight excluding hydrogens is 286 g/mol. The molecule has 0 fully saturated rings. The van der Waals surface area contributed by atoms with Crippen molar-refractivity contribution in [3.8, 4) is 0 Å². The molecule has 0 unspecified atom stereocenters. The molecule has 3 heterocycles. The molecule has 0 bridgehead atoms. The largest absolute Gasteiger partial charge is 0.457 e.